The lowest BCUT2D eigenvalue weighted by Crippen LogP contribution is -2.05. The lowest BCUT2D eigenvalue weighted by molar-refractivity contribution is 0.0528. The van der Waals surface area contributed by atoms with E-state index in [1.54, 1.807) is 13.0 Å². The number of oxazole rings is 1. The summed E-state index contributed by atoms with van der Waals surface area (Å²) in [6.07, 6.45) is 1.33. The first-order chi connectivity index (χ1) is 7.22. The van der Waals surface area contributed by atoms with Crippen LogP contribution in [0.25, 0.3) is 11.1 Å². The van der Waals surface area contributed by atoms with Crippen molar-refractivity contribution in [3.05, 3.63) is 29.7 Å². The maximum atomic E-state index is 11.6. The number of ether oxygens (including phenoxy) is 1. The number of hydrogen-bond acceptors (Lipinski definition) is 4. The third-order valence-electron chi connectivity index (χ3n) is 2.08. The third kappa shape index (κ3) is 1.70. The first kappa shape index (κ1) is 9.71. The standard InChI is InChI=1S/C11H11NO3/c1-3-14-11(13)8-4-7(2)5-9-10(8)12-6-15-9/h4-6H,3H2,1-2H3. The van der Waals surface area contributed by atoms with E-state index in [0.717, 1.165) is 5.56 Å². The maximum absolute atomic E-state index is 11.6. The molecule has 1 heterocycles. The van der Waals surface area contributed by atoms with Crippen LogP contribution in [0.5, 0.6) is 0 Å². The van der Waals surface area contributed by atoms with E-state index in [1.165, 1.54) is 6.39 Å². The van der Waals surface area contributed by atoms with Crippen molar-refractivity contribution in [1.82, 2.24) is 4.98 Å². The van der Waals surface area contributed by atoms with Crippen molar-refractivity contribution in [2.75, 3.05) is 6.61 Å². The maximum Gasteiger partial charge on any atom is 0.340 e. The number of benzene rings is 1. The van der Waals surface area contributed by atoms with Gasteiger partial charge in [-0.3, -0.25) is 0 Å². The molecule has 0 N–H and O–H groups in total. The van der Waals surface area contributed by atoms with Gasteiger partial charge in [0.25, 0.3) is 0 Å². The highest BCUT2D eigenvalue weighted by atomic mass is 16.5. The highest BCUT2D eigenvalue weighted by Crippen LogP contribution is 2.20. The van der Waals surface area contributed by atoms with Gasteiger partial charge in [0.15, 0.2) is 12.0 Å². The summed E-state index contributed by atoms with van der Waals surface area (Å²) in [5, 5.41) is 0. The highest BCUT2D eigenvalue weighted by molar-refractivity contribution is 6.01. The summed E-state index contributed by atoms with van der Waals surface area (Å²) >= 11 is 0. The number of fused-ring (bicyclic) bond motifs is 1. The first-order valence-electron chi connectivity index (χ1n) is 4.73. The number of carbonyl (C=O) groups excluding carboxylic acids is 1. The van der Waals surface area contributed by atoms with Crippen LogP contribution in [0.1, 0.15) is 22.8 Å². The minimum atomic E-state index is -0.361. The molecule has 0 aliphatic carbocycles. The largest absolute Gasteiger partial charge is 0.462 e. The van der Waals surface area contributed by atoms with E-state index in [2.05, 4.69) is 4.98 Å². The number of hydrogen-bond donors (Lipinski definition) is 0. The van der Waals surface area contributed by atoms with E-state index < -0.39 is 0 Å². The van der Waals surface area contributed by atoms with Gasteiger partial charge in [-0.15, -0.1) is 0 Å². The summed E-state index contributed by atoms with van der Waals surface area (Å²) in [6.45, 7) is 4.02. The van der Waals surface area contributed by atoms with Gasteiger partial charge in [0.1, 0.15) is 5.52 Å². The highest BCUT2D eigenvalue weighted by Gasteiger charge is 2.14. The molecular formula is C11H11NO3. The average molecular weight is 205 g/mol. The van der Waals surface area contributed by atoms with Crippen molar-refractivity contribution in [1.29, 1.82) is 0 Å². The number of aromatic nitrogens is 1. The number of carbonyl (C=O) groups is 1. The number of nitrogens with zero attached hydrogens (tertiary/aromatic N) is 1. The van der Waals surface area contributed by atoms with Crippen LogP contribution in [-0.2, 0) is 4.74 Å². The molecule has 4 heteroatoms. The monoisotopic (exact) mass is 205 g/mol. The topological polar surface area (TPSA) is 52.3 Å². The molecule has 2 rings (SSSR count). The summed E-state index contributed by atoms with van der Waals surface area (Å²) < 4.78 is 10.1. The van der Waals surface area contributed by atoms with Crippen molar-refractivity contribution in [3.63, 3.8) is 0 Å². The summed E-state index contributed by atoms with van der Waals surface area (Å²) in [6, 6.07) is 3.59. The Labute approximate surface area is 86.9 Å². The van der Waals surface area contributed by atoms with Gasteiger partial charge >= 0.3 is 5.97 Å². The van der Waals surface area contributed by atoms with Gasteiger partial charge in [0, 0.05) is 0 Å². The molecule has 0 saturated carbocycles. The average Bonchev–Trinajstić information content (AvgIpc) is 2.64. The minimum absolute atomic E-state index is 0.353. The minimum Gasteiger partial charge on any atom is -0.462 e. The summed E-state index contributed by atoms with van der Waals surface area (Å²) in [5.41, 5.74) is 2.57. The molecule has 0 spiro atoms. The Hall–Kier alpha value is -1.84. The Morgan fingerprint density at radius 1 is 1.53 bits per heavy atom. The lowest BCUT2D eigenvalue weighted by atomic mass is 10.1. The van der Waals surface area contributed by atoms with Gasteiger partial charge in [-0.2, -0.15) is 0 Å². The second kappa shape index (κ2) is 3.73. The molecule has 0 saturated heterocycles. The predicted molar refractivity (Wildman–Crippen MR) is 54.7 cm³/mol. The van der Waals surface area contributed by atoms with E-state index >= 15 is 0 Å². The zero-order valence-electron chi connectivity index (χ0n) is 8.61. The Bertz CT molecular complexity index is 502. The van der Waals surface area contributed by atoms with Crippen LogP contribution in [0.4, 0.5) is 0 Å². The Morgan fingerprint density at radius 2 is 2.33 bits per heavy atom. The summed E-state index contributed by atoms with van der Waals surface area (Å²) in [5.74, 6) is -0.361. The second-order valence-electron chi connectivity index (χ2n) is 3.23. The number of esters is 1. The number of aryl methyl sites for hydroxylation is 1. The van der Waals surface area contributed by atoms with Crippen molar-refractivity contribution >= 4 is 17.1 Å². The predicted octanol–water partition coefficient (Wildman–Crippen LogP) is 2.31. The van der Waals surface area contributed by atoms with Gasteiger partial charge in [-0.25, -0.2) is 9.78 Å². The van der Waals surface area contributed by atoms with Crippen molar-refractivity contribution < 1.29 is 13.9 Å². The molecule has 0 bridgehead atoms. The van der Waals surface area contributed by atoms with Gasteiger partial charge in [-0.05, 0) is 31.5 Å². The van der Waals surface area contributed by atoms with Crippen LogP contribution >= 0.6 is 0 Å². The van der Waals surface area contributed by atoms with Gasteiger partial charge in [-0.1, -0.05) is 0 Å². The molecule has 15 heavy (non-hydrogen) atoms. The molecule has 0 amide bonds. The smallest absolute Gasteiger partial charge is 0.340 e. The summed E-state index contributed by atoms with van der Waals surface area (Å²) in [4.78, 5) is 15.6. The molecule has 0 aliphatic heterocycles. The molecular weight excluding hydrogens is 194 g/mol. The second-order valence-corrected chi connectivity index (χ2v) is 3.23. The van der Waals surface area contributed by atoms with E-state index in [9.17, 15) is 4.79 Å². The third-order valence-corrected chi connectivity index (χ3v) is 2.08. The first-order valence-corrected chi connectivity index (χ1v) is 4.73. The number of rotatable bonds is 2. The normalized spacial score (nSPS) is 10.5. The fraction of sp³-hybridized carbons (Fsp3) is 0.273. The van der Waals surface area contributed by atoms with Crippen molar-refractivity contribution in [3.8, 4) is 0 Å². The fourth-order valence-electron chi connectivity index (χ4n) is 1.47. The van der Waals surface area contributed by atoms with Crippen LogP contribution < -0.4 is 0 Å². The molecule has 1 aromatic carbocycles. The van der Waals surface area contributed by atoms with Crippen LogP contribution in [0.15, 0.2) is 22.9 Å². The van der Waals surface area contributed by atoms with Gasteiger partial charge < -0.3 is 9.15 Å². The molecule has 4 nitrogen and oxygen atoms in total. The fourth-order valence-corrected chi connectivity index (χ4v) is 1.47. The zero-order chi connectivity index (χ0) is 10.8. The molecule has 78 valence electrons. The molecule has 2 aromatic rings. The Morgan fingerprint density at radius 3 is 3.07 bits per heavy atom. The van der Waals surface area contributed by atoms with E-state index in [4.69, 9.17) is 9.15 Å². The molecule has 0 atom stereocenters. The van der Waals surface area contributed by atoms with Crippen LogP contribution in [0.2, 0.25) is 0 Å². The molecule has 0 radical (unpaired) electrons. The van der Waals surface area contributed by atoms with Gasteiger partial charge in [0.05, 0.1) is 12.2 Å². The Kier molecular flexibility index (Phi) is 2.41. The zero-order valence-corrected chi connectivity index (χ0v) is 8.61. The SMILES string of the molecule is CCOC(=O)c1cc(C)cc2ocnc12. The van der Waals surface area contributed by atoms with Crippen LogP contribution in [-0.4, -0.2) is 17.6 Å². The Balaban J connectivity index is 2.57. The van der Waals surface area contributed by atoms with E-state index in [1.807, 2.05) is 13.0 Å². The van der Waals surface area contributed by atoms with Crippen LogP contribution in [0, 0.1) is 6.92 Å². The molecule has 1 aromatic heterocycles. The lowest BCUT2D eigenvalue weighted by Gasteiger charge is -2.02. The molecule has 0 fully saturated rings. The molecule has 0 aliphatic rings. The quantitative estimate of drug-likeness (QED) is 0.706. The van der Waals surface area contributed by atoms with E-state index in [-0.39, 0.29) is 5.97 Å². The summed E-state index contributed by atoms with van der Waals surface area (Å²) in [7, 11) is 0. The van der Waals surface area contributed by atoms with Crippen molar-refractivity contribution in [2.24, 2.45) is 0 Å². The molecule has 0 unspecified atom stereocenters. The van der Waals surface area contributed by atoms with Gasteiger partial charge in [0.2, 0.25) is 0 Å². The van der Waals surface area contributed by atoms with Crippen molar-refractivity contribution in [2.45, 2.75) is 13.8 Å². The van der Waals surface area contributed by atoms with Crippen LogP contribution in [0.3, 0.4) is 0 Å². The van der Waals surface area contributed by atoms with E-state index in [0.29, 0.717) is 23.3 Å².